The summed E-state index contributed by atoms with van der Waals surface area (Å²) in [6, 6.07) is 10.9. The van der Waals surface area contributed by atoms with E-state index in [0.717, 1.165) is 27.8 Å². The number of β-amino-alcohol motifs (C(OH)–C–C–N with tert-alkyl or cyclic N) is 1. The van der Waals surface area contributed by atoms with Crippen molar-refractivity contribution in [2.45, 2.75) is 65.3 Å². The van der Waals surface area contributed by atoms with Gasteiger partial charge in [-0.1, -0.05) is 45.0 Å². The van der Waals surface area contributed by atoms with Crippen LogP contribution < -0.4 is 21.3 Å². The number of nitrogen functional groups attached to an aromatic ring is 1. The predicted octanol–water partition coefficient (Wildman–Crippen LogP) is 3.49. The molecule has 2 aliphatic heterocycles. The van der Waals surface area contributed by atoms with E-state index in [2.05, 4.69) is 25.8 Å². The Kier molecular flexibility index (Phi) is 11.7. The number of hydrogen-bond acceptors (Lipinski definition) is 12. The van der Waals surface area contributed by atoms with Crippen LogP contribution in [0.1, 0.15) is 51.4 Å². The summed E-state index contributed by atoms with van der Waals surface area (Å²) in [5.74, 6) is -1.63. The number of carbonyl (C=O) groups excluding carboxylic acids is 3. The minimum Gasteiger partial charge on any atom is -0.507 e. The smallest absolute Gasteiger partial charge is 0.246 e. The van der Waals surface area contributed by atoms with E-state index >= 15 is 0 Å². The van der Waals surface area contributed by atoms with E-state index < -0.39 is 35.3 Å². The normalized spacial score (nSPS) is 18.9. The van der Waals surface area contributed by atoms with E-state index in [9.17, 15) is 29.0 Å². The number of anilines is 2. The average molecular weight is 774 g/mol. The van der Waals surface area contributed by atoms with E-state index in [4.69, 9.17) is 5.73 Å². The number of thiazole rings is 1. The number of hydrogen-bond donors (Lipinski definition) is 5. The van der Waals surface area contributed by atoms with Crippen molar-refractivity contribution >= 4 is 40.6 Å². The number of halogens is 1. The number of aromatic hydroxyl groups is 1. The molecule has 0 aliphatic carbocycles. The maximum absolute atomic E-state index is 14.2. The van der Waals surface area contributed by atoms with Crippen LogP contribution in [0.5, 0.6) is 5.75 Å². The molecule has 0 radical (unpaired) electrons. The molecule has 1 unspecified atom stereocenters. The summed E-state index contributed by atoms with van der Waals surface area (Å²) in [6.45, 7) is 11.4. The zero-order valence-electron chi connectivity index (χ0n) is 31.6. The van der Waals surface area contributed by atoms with E-state index in [1.165, 1.54) is 17.0 Å². The molecule has 2 aromatic heterocycles. The summed E-state index contributed by atoms with van der Waals surface area (Å²) in [5, 5.41) is 34.9. The van der Waals surface area contributed by atoms with E-state index in [0.29, 0.717) is 31.9 Å². The first-order valence-corrected chi connectivity index (χ1v) is 19.1. The number of likely N-dealkylation sites (tertiary alicyclic amines) is 1. The Morgan fingerprint density at radius 3 is 2.40 bits per heavy atom. The van der Waals surface area contributed by atoms with Crippen LogP contribution in [-0.4, -0.2) is 110 Å². The van der Waals surface area contributed by atoms with Crippen molar-refractivity contribution < 1.29 is 29.0 Å². The number of aliphatic hydroxyl groups is 1. The van der Waals surface area contributed by atoms with Gasteiger partial charge in [0, 0.05) is 44.7 Å². The molecule has 16 heteroatoms. The summed E-state index contributed by atoms with van der Waals surface area (Å²) in [7, 11) is 0. The van der Waals surface area contributed by atoms with Gasteiger partial charge in [-0.25, -0.2) is 9.37 Å². The molecule has 6 N–H and O–H groups in total. The van der Waals surface area contributed by atoms with Crippen LogP contribution in [0.4, 0.5) is 15.9 Å². The lowest BCUT2D eigenvalue weighted by Gasteiger charge is -2.38. The third-order valence-electron chi connectivity index (χ3n) is 10.2. The highest BCUT2D eigenvalue weighted by atomic mass is 32.1. The molecule has 6 rings (SSSR count). The molecule has 0 saturated carbocycles. The number of carbonyl (C=O) groups is 3. The minimum atomic E-state index is -0.956. The van der Waals surface area contributed by atoms with E-state index in [-0.39, 0.29) is 60.2 Å². The largest absolute Gasteiger partial charge is 0.507 e. The van der Waals surface area contributed by atoms with Crippen molar-refractivity contribution in [3.05, 3.63) is 71.1 Å². The Morgan fingerprint density at radius 1 is 1.04 bits per heavy atom. The zero-order valence-corrected chi connectivity index (χ0v) is 32.4. The Bertz CT molecular complexity index is 2030. The van der Waals surface area contributed by atoms with Crippen LogP contribution in [-0.2, 0) is 14.4 Å². The lowest BCUT2D eigenvalue weighted by atomic mass is 9.85. The second-order valence-corrected chi connectivity index (χ2v) is 16.2. The van der Waals surface area contributed by atoms with E-state index in [1.54, 1.807) is 17.4 Å². The van der Waals surface area contributed by atoms with Crippen molar-refractivity contribution in [3.63, 3.8) is 0 Å². The molecule has 0 bridgehead atoms. The molecule has 14 nitrogen and oxygen atoms in total. The van der Waals surface area contributed by atoms with Gasteiger partial charge in [0.25, 0.3) is 0 Å². The third-order valence-corrected chi connectivity index (χ3v) is 11.2. The monoisotopic (exact) mass is 773 g/mol. The van der Waals surface area contributed by atoms with Gasteiger partial charge in [0.2, 0.25) is 17.7 Å². The lowest BCUT2D eigenvalue weighted by molar-refractivity contribution is -0.144. The zero-order chi connectivity index (χ0) is 39.6. The summed E-state index contributed by atoms with van der Waals surface area (Å²) in [5.41, 5.74) is 11.2. The minimum absolute atomic E-state index is 0.0217. The number of amides is 3. The molecule has 3 amide bonds. The van der Waals surface area contributed by atoms with Gasteiger partial charge in [-0.3, -0.25) is 19.3 Å². The SMILES string of the molecule is Cc1ncsc1-c1ccc([C@H](C)NC(=O)[C@@H]2C[C@@H](O)CN2C(=O)C(NC(=O)CN2CCN(c3cc(-c4cc(F)ccc4O)nnc3N)CC2)C(C)(C)C)cc1. The topological polar surface area (TPSA) is 190 Å². The Hall–Kier alpha value is -5.19. The molecule has 4 aromatic rings. The maximum Gasteiger partial charge on any atom is 0.246 e. The highest BCUT2D eigenvalue weighted by Crippen LogP contribution is 2.33. The number of phenols is 1. The molecule has 55 heavy (non-hydrogen) atoms. The molecular weight excluding hydrogens is 726 g/mol. The fourth-order valence-corrected chi connectivity index (χ4v) is 7.87. The molecule has 2 aliphatic rings. The molecule has 2 aromatic carbocycles. The molecule has 292 valence electrons. The van der Waals surface area contributed by atoms with Gasteiger partial charge in [0.1, 0.15) is 23.7 Å². The number of benzene rings is 2. The summed E-state index contributed by atoms with van der Waals surface area (Å²) in [6.07, 6.45) is -0.796. The average Bonchev–Trinajstić information content (AvgIpc) is 3.76. The number of nitrogens with one attached hydrogen (secondary N) is 2. The van der Waals surface area contributed by atoms with Crippen molar-refractivity contribution in [1.82, 2.24) is 35.6 Å². The Balaban J connectivity index is 1.06. The molecule has 0 spiro atoms. The fraction of sp³-hybridized carbons (Fsp3) is 0.436. The summed E-state index contributed by atoms with van der Waals surface area (Å²) >= 11 is 1.57. The first-order valence-electron chi connectivity index (χ1n) is 18.3. The quantitative estimate of drug-likeness (QED) is 0.159. The molecule has 4 atom stereocenters. The number of aromatic nitrogens is 3. The van der Waals surface area contributed by atoms with Crippen LogP contribution in [0, 0.1) is 18.2 Å². The number of rotatable bonds is 10. The van der Waals surface area contributed by atoms with Gasteiger partial charge in [0.15, 0.2) is 5.82 Å². The number of phenolic OH excluding ortho intramolecular Hbond substituents is 1. The maximum atomic E-state index is 14.2. The first kappa shape index (κ1) is 39.5. The Labute approximate surface area is 323 Å². The van der Waals surface area contributed by atoms with Crippen LogP contribution in [0.2, 0.25) is 0 Å². The number of nitrogens with two attached hydrogens (primary N) is 1. The van der Waals surface area contributed by atoms with Crippen molar-refractivity contribution in [2.24, 2.45) is 5.41 Å². The standard InChI is InChI=1S/C39H48FN9O5S/c1-22(24-6-8-25(9-7-24)34-23(2)42-21-55-34)43-37(53)31-17-27(50)19-49(31)38(54)35(39(3,4)5)44-33(52)20-47-12-14-48(15-13-47)30-18-29(45-46-36(30)41)28-16-26(40)10-11-32(28)51/h6-11,16,18,21-22,27,31,35,50-51H,12-15,17,19-20H2,1-5H3,(H2,41,46)(H,43,53)(H,44,52)/t22-,27+,31-,35?/m0/s1. The molecule has 2 fully saturated rings. The van der Waals surface area contributed by atoms with Crippen LogP contribution in [0.25, 0.3) is 21.7 Å². The summed E-state index contributed by atoms with van der Waals surface area (Å²) in [4.78, 5) is 52.0. The number of aryl methyl sites for hydroxylation is 1. The third kappa shape index (κ3) is 9.03. The number of aliphatic hydroxyl groups excluding tert-OH is 1. The predicted molar refractivity (Wildman–Crippen MR) is 209 cm³/mol. The van der Waals surface area contributed by atoms with Gasteiger partial charge in [-0.05, 0) is 54.7 Å². The van der Waals surface area contributed by atoms with Gasteiger partial charge in [-0.2, -0.15) is 0 Å². The lowest BCUT2D eigenvalue weighted by Crippen LogP contribution is -2.59. The van der Waals surface area contributed by atoms with Crippen molar-refractivity contribution in [1.29, 1.82) is 0 Å². The van der Waals surface area contributed by atoms with Gasteiger partial charge >= 0.3 is 0 Å². The Morgan fingerprint density at radius 2 is 1.75 bits per heavy atom. The summed E-state index contributed by atoms with van der Waals surface area (Å²) < 4.78 is 13.9. The fourth-order valence-electron chi connectivity index (χ4n) is 7.06. The highest BCUT2D eigenvalue weighted by Gasteiger charge is 2.45. The molecular formula is C39H48FN9O5S. The number of piperazine rings is 1. The second kappa shape index (κ2) is 16.3. The van der Waals surface area contributed by atoms with Crippen molar-refractivity contribution in [2.75, 3.05) is 49.9 Å². The van der Waals surface area contributed by atoms with Crippen LogP contribution in [0.3, 0.4) is 0 Å². The number of nitrogens with zero attached hydrogens (tertiary/aromatic N) is 6. The van der Waals surface area contributed by atoms with Gasteiger partial charge in [0.05, 0.1) is 46.2 Å². The molecule has 2 saturated heterocycles. The second-order valence-electron chi connectivity index (χ2n) is 15.3. The highest BCUT2D eigenvalue weighted by molar-refractivity contribution is 7.13. The van der Waals surface area contributed by atoms with Crippen LogP contribution >= 0.6 is 11.3 Å². The van der Waals surface area contributed by atoms with Gasteiger partial charge < -0.3 is 36.4 Å². The van der Waals surface area contributed by atoms with Crippen molar-refractivity contribution in [3.8, 4) is 27.4 Å². The van der Waals surface area contributed by atoms with E-state index in [1.807, 2.05) is 74.2 Å². The molecule has 4 heterocycles. The van der Waals surface area contributed by atoms with Crippen LogP contribution in [0.15, 0.2) is 54.0 Å². The first-order chi connectivity index (χ1) is 26.1. The van der Waals surface area contributed by atoms with Gasteiger partial charge in [-0.15, -0.1) is 21.5 Å².